The van der Waals surface area contributed by atoms with Crippen LogP contribution in [0.3, 0.4) is 0 Å². The van der Waals surface area contributed by atoms with Crippen LogP contribution in [0.4, 0.5) is 9.93 Å². The van der Waals surface area contributed by atoms with Gasteiger partial charge in [0, 0.05) is 23.3 Å². The molecule has 2 aromatic heterocycles. The van der Waals surface area contributed by atoms with E-state index in [0.29, 0.717) is 11.6 Å². The van der Waals surface area contributed by atoms with Crippen molar-refractivity contribution >= 4 is 28.5 Å². The predicted molar refractivity (Wildman–Crippen MR) is 118 cm³/mol. The first kappa shape index (κ1) is 21.4. The number of carbonyl (C=O) groups excluding carboxylic acids is 2. The third-order valence-corrected chi connectivity index (χ3v) is 5.01. The molecule has 0 aliphatic heterocycles. The molecule has 2 heterocycles. The fraction of sp³-hybridized carbons (Fsp3) is 0.273. The molecule has 0 fully saturated rings. The third kappa shape index (κ3) is 5.87. The van der Waals surface area contributed by atoms with Crippen LogP contribution in [-0.4, -0.2) is 28.1 Å². The van der Waals surface area contributed by atoms with Crippen LogP contribution in [0, 0.1) is 5.41 Å². The number of ether oxygens (including phenoxy) is 1. The van der Waals surface area contributed by atoms with Crippen molar-refractivity contribution in [2.45, 2.75) is 33.3 Å². The highest BCUT2D eigenvalue weighted by atomic mass is 32.1. The van der Waals surface area contributed by atoms with Crippen molar-refractivity contribution in [3.8, 4) is 22.4 Å². The zero-order chi connectivity index (χ0) is 21.7. The van der Waals surface area contributed by atoms with E-state index in [0.717, 1.165) is 22.4 Å². The second-order valence-electron chi connectivity index (χ2n) is 8.03. The maximum absolute atomic E-state index is 12.6. The Morgan fingerprint density at radius 2 is 1.83 bits per heavy atom. The number of carbonyl (C=O) groups is 2. The van der Waals surface area contributed by atoms with Crippen molar-refractivity contribution in [1.82, 2.24) is 9.97 Å². The molecule has 0 aliphatic rings. The normalized spacial score (nSPS) is 12.2. The number of pyridine rings is 1. The van der Waals surface area contributed by atoms with Crippen LogP contribution in [-0.2, 0) is 9.53 Å². The molecule has 0 bridgehead atoms. The van der Waals surface area contributed by atoms with Gasteiger partial charge in [0.25, 0.3) is 5.91 Å². The van der Waals surface area contributed by atoms with Gasteiger partial charge in [-0.2, -0.15) is 0 Å². The van der Waals surface area contributed by atoms with Gasteiger partial charge in [0.2, 0.25) is 0 Å². The second kappa shape index (κ2) is 9.04. The molecule has 7 nitrogen and oxygen atoms in total. The van der Waals surface area contributed by atoms with Crippen LogP contribution in [0.25, 0.3) is 22.4 Å². The van der Waals surface area contributed by atoms with Crippen LogP contribution < -0.4 is 11.1 Å². The maximum Gasteiger partial charge on any atom is 0.405 e. The lowest BCUT2D eigenvalue weighted by Crippen LogP contribution is -2.37. The maximum atomic E-state index is 12.6. The van der Waals surface area contributed by atoms with Crippen molar-refractivity contribution < 1.29 is 14.3 Å². The zero-order valence-corrected chi connectivity index (χ0v) is 17.9. The molecule has 0 saturated heterocycles. The summed E-state index contributed by atoms with van der Waals surface area (Å²) < 4.78 is 5.02. The molecule has 0 radical (unpaired) electrons. The number of aromatic nitrogens is 2. The predicted octanol–water partition coefficient (Wildman–Crippen LogP) is 4.71. The number of rotatable bonds is 6. The highest BCUT2D eigenvalue weighted by Gasteiger charge is 2.28. The molecule has 3 rings (SSSR count). The molecule has 0 spiro atoms. The minimum atomic E-state index is -0.982. The van der Waals surface area contributed by atoms with Crippen molar-refractivity contribution in [2.75, 3.05) is 5.32 Å². The number of hydrogen-bond acceptors (Lipinski definition) is 6. The number of nitrogens with one attached hydrogen (secondary N) is 1. The zero-order valence-electron chi connectivity index (χ0n) is 17.1. The average Bonchev–Trinajstić information content (AvgIpc) is 3.15. The van der Waals surface area contributed by atoms with E-state index in [9.17, 15) is 9.59 Å². The first-order valence-electron chi connectivity index (χ1n) is 9.44. The summed E-state index contributed by atoms with van der Waals surface area (Å²) in [7, 11) is 0. The number of benzene rings is 1. The smallest absolute Gasteiger partial charge is 0.405 e. The van der Waals surface area contributed by atoms with Gasteiger partial charge in [0.1, 0.15) is 0 Å². The van der Waals surface area contributed by atoms with Gasteiger partial charge in [-0.05, 0) is 41.2 Å². The standard InChI is InChI=1S/C22H24N4O3S/c1-22(2,3)12-18(29-20(23)28)19(27)26-21-25-17(13-30-21)16-6-4-5-15(11-16)14-7-9-24-10-8-14/h4-11,13,18H,12H2,1-3H3,(H2,23,28)(H,25,26,27). The fourth-order valence-corrected chi connectivity index (χ4v) is 3.66. The van der Waals surface area contributed by atoms with Crippen LogP contribution in [0.15, 0.2) is 54.2 Å². The Morgan fingerprint density at radius 1 is 1.13 bits per heavy atom. The Balaban J connectivity index is 1.76. The van der Waals surface area contributed by atoms with Crippen LogP contribution in [0.5, 0.6) is 0 Å². The van der Waals surface area contributed by atoms with Crippen LogP contribution in [0.2, 0.25) is 0 Å². The molecule has 8 heteroatoms. The molecular formula is C22H24N4O3S. The molecule has 3 aromatic rings. The lowest BCUT2D eigenvalue weighted by atomic mass is 9.89. The summed E-state index contributed by atoms with van der Waals surface area (Å²) >= 11 is 1.30. The number of amides is 2. The van der Waals surface area contributed by atoms with E-state index < -0.39 is 18.1 Å². The Labute approximate surface area is 179 Å². The molecule has 1 atom stereocenters. The summed E-state index contributed by atoms with van der Waals surface area (Å²) in [5, 5.41) is 5.03. The molecule has 1 aromatic carbocycles. The van der Waals surface area contributed by atoms with Gasteiger partial charge in [-0.25, -0.2) is 9.78 Å². The van der Waals surface area contributed by atoms with Gasteiger partial charge < -0.3 is 10.5 Å². The number of hydrogen-bond donors (Lipinski definition) is 2. The molecule has 0 saturated carbocycles. The summed E-state index contributed by atoms with van der Waals surface area (Å²) in [5.41, 5.74) is 8.69. The number of primary amides is 1. The van der Waals surface area contributed by atoms with Gasteiger partial charge in [0.15, 0.2) is 11.2 Å². The quantitative estimate of drug-likeness (QED) is 0.596. The average molecular weight is 425 g/mol. The third-order valence-electron chi connectivity index (χ3n) is 4.25. The molecule has 30 heavy (non-hydrogen) atoms. The summed E-state index contributed by atoms with van der Waals surface area (Å²) in [5.74, 6) is -0.449. The Bertz CT molecular complexity index is 1030. The highest BCUT2D eigenvalue weighted by Crippen LogP contribution is 2.29. The van der Waals surface area contributed by atoms with Crippen molar-refractivity contribution in [1.29, 1.82) is 0 Å². The van der Waals surface area contributed by atoms with E-state index >= 15 is 0 Å². The van der Waals surface area contributed by atoms with E-state index in [4.69, 9.17) is 10.5 Å². The van der Waals surface area contributed by atoms with E-state index in [-0.39, 0.29) is 5.41 Å². The lowest BCUT2D eigenvalue weighted by molar-refractivity contribution is -0.125. The van der Waals surface area contributed by atoms with Gasteiger partial charge in [-0.15, -0.1) is 11.3 Å². The van der Waals surface area contributed by atoms with Crippen molar-refractivity contribution in [3.63, 3.8) is 0 Å². The topological polar surface area (TPSA) is 107 Å². The first-order chi connectivity index (χ1) is 14.2. The van der Waals surface area contributed by atoms with Gasteiger partial charge in [-0.1, -0.05) is 39.0 Å². The lowest BCUT2D eigenvalue weighted by Gasteiger charge is -2.24. The van der Waals surface area contributed by atoms with Crippen LogP contribution >= 0.6 is 11.3 Å². The van der Waals surface area contributed by atoms with E-state index in [1.54, 1.807) is 12.4 Å². The van der Waals surface area contributed by atoms with E-state index in [1.165, 1.54) is 11.3 Å². The number of nitrogens with two attached hydrogens (primary N) is 1. The van der Waals surface area contributed by atoms with Gasteiger partial charge >= 0.3 is 6.09 Å². The molecule has 156 valence electrons. The summed E-state index contributed by atoms with van der Waals surface area (Å²) in [4.78, 5) is 32.4. The summed E-state index contributed by atoms with van der Waals surface area (Å²) in [6.07, 6.45) is 1.88. The molecule has 0 aliphatic carbocycles. The second-order valence-corrected chi connectivity index (χ2v) is 8.89. The van der Waals surface area contributed by atoms with Crippen molar-refractivity contribution in [3.05, 3.63) is 54.2 Å². The van der Waals surface area contributed by atoms with Crippen LogP contribution in [0.1, 0.15) is 27.2 Å². The molecule has 2 amide bonds. The first-order valence-corrected chi connectivity index (χ1v) is 10.3. The SMILES string of the molecule is CC(C)(C)CC(OC(N)=O)C(=O)Nc1nc(-c2cccc(-c3ccncc3)c2)cs1. The minimum absolute atomic E-state index is 0.223. The fourth-order valence-electron chi connectivity index (χ4n) is 2.94. The molecular weight excluding hydrogens is 400 g/mol. The largest absolute Gasteiger partial charge is 0.436 e. The van der Waals surface area contributed by atoms with E-state index in [2.05, 4.69) is 15.3 Å². The Morgan fingerprint density at radius 3 is 2.50 bits per heavy atom. The Hall–Kier alpha value is -3.26. The minimum Gasteiger partial charge on any atom is -0.436 e. The number of anilines is 1. The number of nitrogens with zero attached hydrogens (tertiary/aromatic N) is 2. The van der Waals surface area contributed by atoms with E-state index in [1.807, 2.05) is 62.5 Å². The highest BCUT2D eigenvalue weighted by molar-refractivity contribution is 7.14. The summed E-state index contributed by atoms with van der Waals surface area (Å²) in [6, 6.07) is 11.9. The Kier molecular flexibility index (Phi) is 6.47. The monoisotopic (exact) mass is 424 g/mol. The van der Waals surface area contributed by atoms with Crippen molar-refractivity contribution in [2.24, 2.45) is 11.1 Å². The molecule has 3 N–H and O–H groups in total. The molecule has 1 unspecified atom stereocenters. The van der Waals surface area contributed by atoms with Gasteiger partial charge in [0.05, 0.1) is 5.69 Å². The number of thiazole rings is 1. The van der Waals surface area contributed by atoms with Gasteiger partial charge in [-0.3, -0.25) is 15.1 Å². The summed E-state index contributed by atoms with van der Waals surface area (Å²) in [6.45, 7) is 5.86.